The van der Waals surface area contributed by atoms with Crippen LogP contribution in [0, 0.1) is 19.8 Å². The Labute approximate surface area is 124 Å². The molecule has 1 fully saturated rings. The van der Waals surface area contributed by atoms with Gasteiger partial charge in [0, 0.05) is 12.6 Å². The summed E-state index contributed by atoms with van der Waals surface area (Å²) in [6.07, 6.45) is 5.40. The van der Waals surface area contributed by atoms with Gasteiger partial charge in [-0.2, -0.15) is 0 Å². The van der Waals surface area contributed by atoms with Crippen LogP contribution >= 0.6 is 0 Å². The highest BCUT2D eigenvalue weighted by atomic mass is 15.1. The quantitative estimate of drug-likeness (QED) is 0.904. The van der Waals surface area contributed by atoms with Crippen LogP contribution in [-0.2, 0) is 0 Å². The maximum Gasteiger partial charge on any atom is 0.0424 e. The molecule has 1 aliphatic heterocycles. The van der Waals surface area contributed by atoms with Crippen molar-refractivity contribution in [1.82, 2.24) is 4.90 Å². The molecule has 1 heterocycles. The van der Waals surface area contributed by atoms with Crippen molar-refractivity contribution >= 4 is 0 Å². The van der Waals surface area contributed by atoms with Gasteiger partial charge >= 0.3 is 0 Å². The molecule has 1 aromatic rings. The molecule has 1 aromatic carbocycles. The third-order valence-corrected chi connectivity index (χ3v) is 4.93. The van der Waals surface area contributed by atoms with E-state index in [4.69, 9.17) is 5.73 Å². The van der Waals surface area contributed by atoms with Crippen molar-refractivity contribution in [2.45, 2.75) is 52.5 Å². The Morgan fingerprint density at radius 1 is 1.20 bits per heavy atom. The van der Waals surface area contributed by atoms with Crippen molar-refractivity contribution in [2.24, 2.45) is 11.7 Å². The van der Waals surface area contributed by atoms with Gasteiger partial charge in [0.25, 0.3) is 0 Å². The van der Waals surface area contributed by atoms with Gasteiger partial charge in [-0.1, -0.05) is 31.5 Å². The zero-order valence-corrected chi connectivity index (χ0v) is 13.4. The number of rotatable bonds is 4. The van der Waals surface area contributed by atoms with Crippen LogP contribution in [0.25, 0.3) is 0 Å². The molecule has 2 unspecified atom stereocenters. The van der Waals surface area contributed by atoms with E-state index in [1.165, 1.54) is 55.5 Å². The zero-order valence-electron chi connectivity index (χ0n) is 13.4. The summed E-state index contributed by atoms with van der Waals surface area (Å²) in [6, 6.07) is 6.79. The van der Waals surface area contributed by atoms with E-state index in [0.29, 0.717) is 0 Å². The average Bonchev–Trinajstić information content (AvgIpc) is 2.67. The predicted molar refractivity (Wildman–Crippen MR) is 86.9 cm³/mol. The second-order valence-electron chi connectivity index (χ2n) is 6.46. The Morgan fingerprint density at radius 3 is 2.70 bits per heavy atom. The van der Waals surface area contributed by atoms with Crippen LogP contribution in [0.15, 0.2) is 18.2 Å². The van der Waals surface area contributed by atoms with Crippen LogP contribution in [0.4, 0.5) is 0 Å². The summed E-state index contributed by atoms with van der Waals surface area (Å²) in [5.74, 6) is 0.929. The summed E-state index contributed by atoms with van der Waals surface area (Å²) in [4.78, 5) is 2.56. The fraction of sp³-hybridized carbons (Fsp3) is 0.667. The predicted octanol–water partition coefficient (Wildman–Crippen LogP) is 3.82. The lowest BCUT2D eigenvalue weighted by molar-refractivity contribution is 0.263. The normalized spacial score (nSPS) is 22.5. The number of aryl methyl sites for hydroxylation is 2. The molecule has 0 bridgehead atoms. The van der Waals surface area contributed by atoms with Crippen LogP contribution in [0.5, 0.6) is 0 Å². The van der Waals surface area contributed by atoms with Crippen LogP contribution in [0.3, 0.4) is 0 Å². The third kappa shape index (κ3) is 4.07. The smallest absolute Gasteiger partial charge is 0.0424 e. The first-order chi connectivity index (χ1) is 9.60. The molecule has 0 saturated carbocycles. The summed E-state index contributed by atoms with van der Waals surface area (Å²) < 4.78 is 0. The van der Waals surface area contributed by atoms with E-state index in [-0.39, 0.29) is 6.04 Å². The lowest BCUT2D eigenvalue weighted by Crippen LogP contribution is -2.33. The lowest BCUT2D eigenvalue weighted by Gasteiger charge is -2.24. The topological polar surface area (TPSA) is 29.3 Å². The van der Waals surface area contributed by atoms with Gasteiger partial charge in [0.1, 0.15) is 0 Å². The molecule has 2 N–H and O–H groups in total. The maximum atomic E-state index is 6.42. The Bertz CT molecular complexity index is 427. The van der Waals surface area contributed by atoms with Crippen molar-refractivity contribution in [2.75, 3.05) is 19.6 Å². The van der Waals surface area contributed by atoms with E-state index in [1.807, 2.05) is 0 Å². The number of hydrogen-bond donors (Lipinski definition) is 1. The molecule has 0 aromatic heterocycles. The van der Waals surface area contributed by atoms with Gasteiger partial charge in [-0.05, 0) is 68.8 Å². The van der Waals surface area contributed by atoms with Gasteiger partial charge in [-0.25, -0.2) is 0 Å². The first kappa shape index (κ1) is 15.5. The largest absolute Gasteiger partial charge is 0.323 e. The molecule has 2 atom stereocenters. The molecular formula is C18H30N2. The number of nitrogens with zero attached hydrogens (tertiary/aromatic N) is 1. The van der Waals surface area contributed by atoms with Crippen LogP contribution < -0.4 is 5.73 Å². The Kier molecular flexibility index (Phi) is 5.62. The van der Waals surface area contributed by atoms with Crippen LogP contribution in [0.2, 0.25) is 0 Å². The molecule has 2 heteroatoms. The number of hydrogen-bond acceptors (Lipinski definition) is 2. The van der Waals surface area contributed by atoms with Crippen molar-refractivity contribution in [1.29, 1.82) is 0 Å². The van der Waals surface area contributed by atoms with Gasteiger partial charge in [0.15, 0.2) is 0 Å². The molecule has 1 aliphatic rings. The summed E-state index contributed by atoms with van der Waals surface area (Å²) >= 11 is 0. The highest BCUT2D eigenvalue weighted by Crippen LogP contribution is 2.22. The summed E-state index contributed by atoms with van der Waals surface area (Å²) in [5, 5.41) is 0. The maximum absolute atomic E-state index is 6.42. The molecule has 0 spiro atoms. The number of nitrogens with two attached hydrogens (primary N) is 1. The van der Waals surface area contributed by atoms with Gasteiger partial charge in [0.05, 0.1) is 0 Å². The molecular weight excluding hydrogens is 244 g/mol. The Balaban J connectivity index is 1.93. The number of likely N-dealkylation sites (tertiary alicyclic amines) is 1. The molecule has 112 valence electrons. The van der Waals surface area contributed by atoms with Crippen LogP contribution in [-0.4, -0.2) is 24.5 Å². The summed E-state index contributed by atoms with van der Waals surface area (Å²) in [6.45, 7) is 10.1. The monoisotopic (exact) mass is 274 g/mol. The van der Waals surface area contributed by atoms with Crippen molar-refractivity contribution in [3.05, 3.63) is 34.9 Å². The van der Waals surface area contributed by atoms with E-state index < -0.39 is 0 Å². The molecule has 1 saturated heterocycles. The first-order valence-electron chi connectivity index (χ1n) is 8.15. The average molecular weight is 274 g/mol. The molecule has 20 heavy (non-hydrogen) atoms. The Morgan fingerprint density at radius 2 is 2.00 bits per heavy atom. The zero-order chi connectivity index (χ0) is 14.5. The van der Waals surface area contributed by atoms with E-state index in [0.717, 1.165) is 12.5 Å². The van der Waals surface area contributed by atoms with Crippen molar-refractivity contribution in [3.8, 4) is 0 Å². The fourth-order valence-electron chi connectivity index (χ4n) is 3.19. The minimum Gasteiger partial charge on any atom is -0.323 e. The van der Waals surface area contributed by atoms with Gasteiger partial charge < -0.3 is 10.6 Å². The number of benzene rings is 1. The van der Waals surface area contributed by atoms with Gasteiger partial charge in [-0.15, -0.1) is 0 Å². The van der Waals surface area contributed by atoms with E-state index in [9.17, 15) is 0 Å². The van der Waals surface area contributed by atoms with E-state index in [1.54, 1.807) is 0 Å². The molecule has 2 nitrogen and oxygen atoms in total. The second-order valence-corrected chi connectivity index (χ2v) is 6.46. The highest BCUT2D eigenvalue weighted by molar-refractivity contribution is 5.31. The molecule has 0 radical (unpaired) electrons. The fourth-order valence-corrected chi connectivity index (χ4v) is 3.19. The third-order valence-electron chi connectivity index (χ3n) is 4.93. The molecule has 2 rings (SSSR count). The van der Waals surface area contributed by atoms with Gasteiger partial charge in [-0.3, -0.25) is 0 Å². The SMILES string of the molecule is CCC1CCCN(CC(N)c2ccc(C)c(C)c2)CC1. The minimum atomic E-state index is 0.146. The summed E-state index contributed by atoms with van der Waals surface area (Å²) in [7, 11) is 0. The van der Waals surface area contributed by atoms with E-state index in [2.05, 4.69) is 43.9 Å². The minimum absolute atomic E-state index is 0.146. The lowest BCUT2D eigenvalue weighted by atomic mass is 9.98. The van der Waals surface area contributed by atoms with Crippen molar-refractivity contribution < 1.29 is 0 Å². The Hall–Kier alpha value is -0.860. The first-order valence-corrected chi connectivity index (χ1v) is 8.15. The highest BCUT2D eigenvalue weighted by Gasteiger charge is 2.18. The van der Waals surface area contributed by atoms with Crippen molar-refractivity contribution in [3.63, 3.8) is 0 Å². The summed E-state index contributed by atoms with van der Waals surface area (Å²) in [5.41, 5.74) is 10.4. The second kappa shape index (κ2) is 7.24. The van der Waals surface area contributed by atoms with Crippen LogP contribution in [0.1, 0.15) is 55.3 Å². The standard InChI is InChI=1S/C18H30N2/c1-4-16-6-5-10-20(11-9-16)13-18(19)17-8-7-14(2)15(3)12-17/h7-8,12,16,18H,4-6,9-11,13,19H2,1-3H3. The van der Waals surface area contributed by atoms with Gasteiger partial charge in [0.2, 0.25) is 0 Å². The molecule has 0 aliphatic carbocycles. The molecule has 0 amide bonds. The van der Waals surface area contributed by atoms with E-state index >= 15 is 0 Å².